The van der Waals surface area contributed by atoms with Gasteiger partial charge in [0.1, 0.15) is 0 Å². The first-order chi connectivity index (χ1) is 4.00. The van der Waals surface area contributed by atoms with E-state index >= 15 is 0 Å². The fourth-order valence-corrected chi connectivity index (χ4v) is 0. The normalized spacial score (nSPS) is 9.67. The molecule has 0 aromatic carbocycles. The molecular formula is H8NNaO6S4. The topological polar surface area (TPSA) is 144 Å². The summed E-state index contributed by atoms with van der Waals surface area (Å²) in [6, 6.07) is 0. The first-order valence-corrected chi connectivity index (χ1v) is 6.38. The second-order valence-corrected chi connectivity index (χ2v) is 5.46. The zero-order valence-electron chi connectivity index (χ0n) is 4.95. The van der Waals surface area contributed by atoms with Crippen molar-refractivity contribution in [2.45, 2.75) is 0 Å². The van der Waals surface area contributed by atoms with Crippen molar-refractivity contribution in [3.63, 3.8) is 0 Å². The van der Waals surface area contributed by atoms with Crippen LogP contribution in [0.25, 0.3) is 0 Å². The van der Waals surface area contributed by atoms with Crippen molar-refractivity contribution >= 4 is 71.2 Å². The van der Waals surface area contributed by atoms with E-state index in [0.29, 0.717) is 0 Å². The Kier molecular flexibility index (Phi) is 17.6. The molecule has 0 amide bonds. The van der Waals surface area contributed by atoms with E-state index in [1.54, 1.807) is 0 Å². The Bertz CT molecular complexity index is 216. The second-order valence-electron chi connectivity index (χ2n) is 0.896. The van der Waals surface area contributed by atoms with Gasteiger partial charge in [-0.15, -0.1) is 0 Å². The summed E-state index contributed by atoms with van der Waals surface area (Å²) in [5, 5.41) is 0. The molecule has 0 aromatic heterocycles. The van der Waals surface area contributed by atoms with Crippen molar-refractivity contribution in [1.29, 1.82) is 0 Å². The molecule has 0 spiro atoms. The van der Waals surface area contributed by atoms with Gasteiger partial charge in [0.15, 0.2) is 0 Å². The molecule has 74 valence electrons. The quantitative estimate of drug-likeness (QED) is 0.163. The molecule has 0 saturated heterocycles. The van der Waals surface area contributed by atoms with Crippen molar-refractivity contribution in [3.05, 3.63) is 0 Å². The molecule has 7 nitrogen and oxygen atoms in total. The third-order valence-corrected chi connectivity index (χ3v) is 0. The average molecular weight is 269 g/mol. The Morgan fingerprint density at radius 3 is 0.833 bits per heavy atom. The maximum atomic E-state index is 9.05. The summed E-state index contributed by atoms with van der Waals surface area (Å²) in [7, 11) is -7.94. The average Bonchev–Trinajstić information content (AvgIpc) is 1.12. The Balaban J connectivity index is -0.0000000457. The summed E-state index contributed by atoms with van der Waals surface area (Å²) in [5.41, 5.74) is 0. The molecule has 0 aliphatic heterocycles. The van der Waals surface area contributed by atoms with Gasteiger partial charge in [-0.3, -0.25) is 9.11 Å². The van der Waals surface area contributed by atoms with E-state index in [0.717, 1.165) is 0 Å². The molecular weight excluding hydrogens is 261 g/mol. The van der Waals surface area contributed by atoms with Crippen molar-refractivity contribution < 1.29 is 25.9 Å². The molecule has 12 heavy (non-hydrogen) atoms. The summed E-state index contributed by atoms with van der Waals surface area (Å²) in [6.45, 7) is 0. The third-order valence-electron chi connectivity index (χ3n) is 0. The summed E-state index contributed by atoms with van der Waals surface area (Å²) >= 11 is 5.30. The molecule has 0 aliphatic rings. The van der Waals surface area contributed by atoms with Crippen LogP contribution in [0.3, 0.4) is 0 Å². The molecule has 0 heterocycles. The van der Waals surface area contributed by atoms with Gasteiger partial charge in [-0.2, -0.15) is 16.8 Å². The SMILES string of the molecule is N.O=S(=O)(O)S.O=S(=O)(O)S.[NaH]. The third kappa shape index (κ3) is 576. The number of thiol groups is 2. The van der Waals surface area contributed by atoms with Crippen LogP contribution >= 0.6 is 23.3 Å². The van der Waals surface area contributed by atoms with E-state index < -0.39 is 18.3 Å². The van der Waals surface area contributed by atoms with Crippen LogP contribution in [0.2, 0.25) is 0 Å². The van der Waals surface area contributed by atoms with Crippen molar-refractivity contribution in [2.24, 2.45) is 0 Å². The van der Waals surface area contributed by atoms with Gasteiger partial charge in [0.05, 0.1) is 0 Å². The maximum absolute atomic E-state index is 9.05. The predicted molar refractivity (Wildman–Crippen MR) is 53.2 cm³/mol. The zero-order chi connectivity index (χ0) is 9.00. The Morgan fingerprint density at radius 2 is 0.833 bits per heavy atom. The van der Waals surface area contributed by atoms with Gasteiger partial charge in [0.2, 0.25) is 0 Å². The van der Waals surface area contributed by atoms with Gasteiger partial charge in [-0.05, 0) is 23.3 Å². The molecule has 0 rings (SSSR count). The first-order valence-electron chi connectivity index (χ1n) is 1.40. The first kappa shape index (κ1) is 23.4. The van der Waals surface area contributed by atoms with Gasteiger partial charge >= 0.3 is 47.9 Å². The number of hydrogen-bond acceptors (Lipinski definition) is 5. The van der Waals surface area contributed by atoms with Gasteiger partial charge in [-0.25, -0.2) is 0 Å². The fourth-order valence-electron chi connectivity index (χ4n) is 0. The summed E-state index contributed by atoms with van der Waals surface area (Å²) in [6.07, 6.45) is 0. The van der Waals surface area contributed by atoms with Crippen molar-refractivity contribution in [2.75, 3.05) is 0 Å². The molecule has 0 radical (unpaired) electrons. The molecule has 0 unspecified atom stereocenters. The van der Waals surface area contributed by atoms with Crippen LogP contribution < -0.4 is 6.15 Å². The van der Waals surface area contributed by atoms with E-state index in [2.05, 4.69) is 23.3 Å². The molecule has 0 fully saturated rings. The Morgan fingerprint density at radius 1 is 0.833 bits per heavy atom. The van der Waals surface area contributed by atoms with Crippen LogP contribution in [-0.2, 0) is 18.3 Å². The van der Waals surface area contributed by atoms with Crippen LogP contribution in [0, 0.1) is 0 Å². The van der Waals surface area contributed by atoms with Gasteiger partial charge < -0.3 is 6.15 Å². The molecule has 12 heteroatoms. The van der Waals surface area contributed by atoms with Crippen molar-refractivity contribution in [1.82, 2.24) is 6.15 Å². The predicted octanol–water partition coefficient (Wildman–Crippen LogP) is -1.05. The monoisotopic (exact) mass is 269 g/mol. The van der Waals surface area contributed by atoms with E-state index in [4.69, 9.17) is 25.9 Å². The number of hydrogen-bond donors (Lipinski definition) is 5. The van der Waals surface area contributed by atoms with Crippen LogP contribution in [0.1, 0.15) is 0 Å². The molecule has 0 bridgehead atoms. The van der Waals surface area contributed by atoms with E-state index in [9.17, 15) is 0 Å². The van der Waals surface area contributed by atoms with Gasteiger partial charge in [0.25, 0.3) is 0 Å². The Hall–Kier alpha value is 1.48. The van der Waals surface area contributed by atoms with Gasteiger partial charge in [0, 0.05) is 0 Å². The molecule has 5 N–H and O–H groups in total. The van der Waals surface area contributed by atoms with Crippen molar-refractivity contribution in [3.8, 4) is 0 Å². The van der Waals surface area contributed by atoms with E-state index in [-0.39, 0.29) is 35.7 Å². The Labute approximate surface area is 102 Å². The minimum absolute atomic E-state index is 0. The van der Waals surface area contributed by atoms with Crippen LogP contribution in [0.5, 0.6) is 0 Å². The molecule has 0 aromatic rings. The van der Waals surface area contributed by atoms with Crippen LogP contribution in [0.4, 0.5) is 0 Å². The second kappa shape index (κ2) is 9.05. The summed E-state index contributed by atoms with van der Waals surface area (Å²) in [5.74, 6) is 0. The fraction of sp³-hybridized carbons (Fsp3) is 0. The minimum atomic E-state index is -3.97. The van der Waals surface area contributed by atoms with E-state index in [1.165, 1.54) is 0 Å². The summed E-state index contributed by atoms with van der Waals surface area (Å²) in [4.78, 5) is 0. The number of rotatable bonds is 0. The van der Waals surface area contributed by atoms with Crippen LogP contribution in [-0.4, -0.2) is 55.5 Å². The summed E-state index contributed by atoms with van der Waals surface area (Å²) < 4.78 is 50.9. The van der Waals surface area contributed by atoms with Crippen LogP contribution in [0.15, 0.2) is 0 Å². The molecule has 0 atom stereocenters. The van der Waals surface area contributed by atoms with Gasteiger partial charge in [-0.1, -0.05) is 0 Å². The zero-order valence-corrected chi connectivity index (χ0v) is 8.37. The standard InChI is InChI=1S/H3N.Na.2H2O3S2.H/c;;2*1-5(2,3)4;/h1H3;;2*(H2,1,2,3,4);. The molecule has 0 aliphatic carbocycles. The van der Waals surface area contributed by atoms with E-state index in [1.807, 2.05) is 0 Å². The molecule has 0 saturated carbocycles.